The summed E-state index contributed by atoms with van der Waals surface area (Å²) in [4.78, 5) is 4.19. The lowest BCUT2D eigenvalue weighted by atomic mass is 10.2. The van der Waals surface area contributed by atoms with Crippen molar-refractivity contribution >= 4 is 26.0 Å². The van der Waals surface area contributed by atoms with Crippen LogP contribution >= 0.6 is 15.9 Å². The topological polar surface area (TPSA) is 50.3 Å². The molecule has 1 heterocycles. The number of rotatable bonds is 5. The molecule has 1 aliphatic rings. The standard InChI is InChI=1S/C12H17BrN2O2S/c13-7-9-15(11-4-1-2-5-11)18(16,17)12-6-3-8-14-10-12/h3,6,8,10-11H,1-2,4-5,7,9H2. The predicted octanol–water partition coefficient (Wildman–Crippen LogP) is 2.41. The molecule has 0 aromatic carbocycles. The minimum Gasteiger partial charge on any atom is -0.263 e. The van der Waals surface area contributed by atoms with Gasteiger partial charge in [0.1, 0.15) is 4.90 Å². The highest BCUT2D eigenvalue weighted by molar-refractivity contribution is 9.09. The van der Waals surface area contributed by atoms with Crippen molar-refractivity contribution in [3.63, 3.8) is 0 Å². The van der Waals surface area contributed by atoms with Crippen LogP contribution in [-0.4, -0.2) is 35.6 Å². The number of nitrogens with zero attached hydrogens (tertiary/aromatic N) is 2. The van der Waals surface area contributed by atoms with Gasteiger partial charge in [-0.05, 0) is 25.0 Å². The summed E-state index contributed by atoms with van der Waals surface area (Å²) in [5.74, 6) is 0. The normalized spacial score (nSPS) is 17.4. The second kappa shape index (κ2) is 6.12. The van der Waals surface area contributed by atoms with Gasteiger partial charge in [-0.2, -0.15) is 4.31 Å². The van der Waals surface area contributed by atoms with Crippen molar-refractivity contribution in [3.8, 4) is 0 Å². The van der Waals surface area contributed by atoms with Crippen LogP contribution in [0.4, 0.5) is 0 Å². The molecule has 0 radical (unpaired) electrons. The van der Waals surface area contributed by atoms with E-state index in [-0.39, 0.29) is 10.9 Å². The first-order valence-corrected chi connectivity index (χ1v) is 8.70. The summed E-state index contributed by atoms with van der Waals surface area (Å²) >= 11 is 3.34. The monoisotopic (exact) mass is 332 g/mol. The van der Waals surface area contributed by atoms with Crippen LogP contribution in [0.25, 0.3) is 0 Å². The fraction of sp³-hybridized carbons (Fsp3) is 0.583. The Balaban J connectivity index is 2.29. The van der Waals surface area contributed by atoms with Crippen LogP contribution in [0.3, 0.4) is 0 Å². The van der Waals surface area contributed by atoms with Crippen LogP contribution in [0.15, 0.2) is 29.4 Å². The maximum atomic E-state index is 12.6. The fourth-order valence-corrected chi connectivity index (χ4v) is 4.68. The third kappa shape index (κ3) is 2.92. The second-order valence-corrected chi connectivity index (χ2v) is 7.12. The molecule has 0 amide bonds. The van der Waals surface area contributed by atoms with Crippen LogP contribution in [0.1, 0.15) is 25.7 Å². The van der Waals surface area contributed by atoms with Crippen molar-refractivity contribution in [2.75, 3.05) is 11.9 Å². The number of sulfonamides is 1. The number of alkyl halides is 1. The Morgan fingerprint density at radius 3 is 2.67 bits per heavy atom. The van der Waals surface area contributed by atoms with Gasteiger partial charge in [0.25, 0.3) is 0 Å². The van der Waals surface area contributed by atoms with Crippen LogP contribution in [0.5, 0.6) is 0 Å². The molecule has 18 heavy (non-hydrogen) atoms. The zero-order chi connectivity index (χ0) is 13.0. The molecule has 0 atom stereocenters. The molecule has 100 valence electrons. The third-order valence-electron chi connectivity index (χ3n) is 3.28. The van der Waals surface area contributed by atoms with Gasteiger partial charge in [-0.3, -0.25) is 4.98 Å². The van der Waals surface area contributed by atoms with Gasteiger partial charge in [0.2, 0.25) is 10.0 Å². The summed E-state index contributed by atoms with van der Waals surface area (Å²) in [5.41, 5.74) is 0. The summed E-state index contributed by atoms with van der Waals surface area (Å²) in [6.07, 6.45) is 7.17. The molecule has 0 bridgehead atoms. The summed E-state index contributed by atoms with van der Waals surface area (Å²) in [5, 5.41) is 0.656. The lowest BCUT2D eigenvalue weighted by Gasteiger charge is -2.27. The van der Waals surface area contributed by atoms with Gasteiger partial charge in [0.05, 0.1) is 0 Å². The number of pyridine rings is 1. The predicted molar refractivity (Wildman–Crippen MR) is 74.2 cm³/mol. The van der Waals surface area contributed by atoms with Crippen molar-refractivity contribution < 1.29 is 8.42 Å². The molecule has 4 nitrogen and oxygen atoms in total. The molecule has 0 spiro atoms. The molecule has 0 saturated heterocycles. The lowest BCUT2D eigenvalue weighted by Crippen LogP contribution is -2.40. The molecule has 0 unspecified atom stereocenters. The van der Waals surface area contributed by atoms with Crippen LogP contribution in [-0.2, 0) is 10.0 Å². The minimum atomic E-state index is -3.41. The van der Waals surface area contributed by atoms with Crippen molar-refractivity contribution in [2.45, 2.75) is 36.6 Å². The second-order valence-electron chi connectivity index (χ2n) is 4.43. The smallest absolute Gasteiger partial charge is 0.244 e. The summed E-state index contributed by atoms with van der Waals surface area (Å²) in [7, 11) is -3.41. The Hall–Kier alpha value is -0.460. The van der Waals surface area contributed by atoms with E-state index < -0.39 is 10.0 Å². The summed E-state index contributed by atoms with van der Waals surface area (Å²) in [6, 6.07) is 3.42. The Morgan fingerprint density at radius 2 is 2.11 bits per heavy atom. The van der Waals surface area contributed by atoms with Gasteiger partial charge < -0.3 is 0 Å². The van der Waals surface area contributed by atoms with Crippen molar-refractivity contribution in [1.29, 1.82) is 0 Å². The van der Waals surface area contributed by atoms with Crippen LogP contribution in [0.2, 0.25) is 0 Å². The molecular weight excluding hydrogens is 316 g/mol. The molecule has 0 N–H and O–H groups in total. The van der Waals surface area contributed by atoms with E-state index >= 15 is 0 Å². The van der Waals surface area contributed by atoms with E-state index in [1.54, 1.807) is 22.6 Å². The van der Waals surface area contributed by atoms with Crippen molar-refractivity contribution in [3.05, 3.63) is 24.5 Å². The highest BCUT2D eigenvalue weighted by Crippen LogP contribution is 2.28. The first kappa shape index (κ1) is 14.0. The van der Waals surface area contributed by atoms with Crippen molar-refractivity contribution in [2.24, 2.45) is 0 Å². The van der Waals surface area contributed by atoms with Gasteiger partial charge >= 0.3 is 0 Å². The maximum Gasteiger partial charge on any atom is 0.244 e. The van der Waals surface area contributed by atoms with Gasteiger partial charge in [-0.25, -0.2) is 8.42 Å². The SMILES string of the molecule is O=S(=O)(c1cccnc1)N(CCBr)C1CCCC1. The van der Waals surface area contributed by atoms with E-state index in [0.717, 1.165) is 25.7 Å². The molecule has 1 aromatic rings. The van der Waals surface area contributed by atoms with Gasteiger partial charge in [0, 0.05) is 30.3 Å². The maximum absolute atomic E-state index is 12.6. The third-order valence-corrected chi connectivity index (χ3v) is 5.57. The van der Waals surface area contributed by atoms with E-state index in [9.17, 15) is 8.42 Å². The van der Waals surface area contributed by atoms with E-state index in [1.165, 1.54) is 6.20 Å². The zero-order valence-corrected chi connectivity index (χ0v) is 12.5. The van der Waals surface area contributed by atoms with Crippen molar-refractivity contribution in [1.82, 2.24) is 9.29 Å². The number of hydrogen-bond acceptors (Lipinski definition) is 3. The van der Waals surface area contributed by atoms with Crippen LogP contribution < -0.4 is 0 Å². The molecule has 2 rings (SSSR count). The first-order valence-electron chi connectivity index (χ1n) is 6.14. The minimum absolute atomic E-state index is 0.146. The van der Waals surface area contributed by atoms with E-state index in [4.69, 9.17) is 0 Å². The number of hydrogen-bond donors (Lipinski definition) is 0. The number of halogens is 1. The van der Waals surface area contributed by atoms with E-state index in [2.05, 4.69) is 20.9 Å². The largest absolute Gasteiger partial charge is 0.263 e. The summed E-state index contributed by atoms with van der Waals surface area (Å²) in [6.45, 7) is 0.516. The lowest BCUT2D eigenvalue weighted by molar-refractivity contribution is 0.338. The molecule has 6 heteroatoms. The number of aromatic nitrogens is 1. The average Bonchev–Trinajstić information content (AvgIpc) is 2.90. The average molecular weight is 333 g/mol. The molecule has 1 fully saturated rings. The molecule has 1 aromatic heterocycles. The quantitative estimate of drug-likeness (QED) is 0.778. The first-order chi connectivity index (χ1) is 8.66. The van der Waals surface area contributed by atoms with Gasteiger partial charge in [-0.1, -0.05) is 28.8 Å². The van der Waals surface area contributed by atoms with Gasteiger partial charge in [0.15, 0.2) is 0 Å². The molecular formula is C12H17BrN2O2S. The highest BCUT2D eigenvalue weighted by atomic mass is 79.9. The summed E-state index contributed by atoms with van der Waals surface area (Å²) < 4.78 is 26.8. The van der Waals surface area contributed by atoms with E-state index in [0.29, 0.717) is 11.9 Å². The Kier molecular flexibility index (Phi) is 4.75. The fourth-order valence-electron chi connectivity index (χ4n) is 2.41. The van der Waals surface area contributed by atoms with Crippen LogP contribution in [0, 0.1) is 0 Å². The Bertz CT molecular complexity index is 472. The highest BCUT2D eigenvalue weighted by Gasteiger charge is 2.32. The molecule has 0 aliphatic heterocycles. The molecule has 1 aliphatic carbocycles. The Morgan fingerprint density at radius 1 is 1.39 bits per heavy atom. The zero-order valence-electron chi connectivity index (χ0n) is 10.1. The molecule has 1 saturated carbocycles. The van der Waals surface area contributed by atoms with E-state index in [1.807, 2.05) is 0 Å². The Labute approximate surface area is 117 Å². The van der Waals surface area contributed by atoms with Gasteiger partial charge in [-0.15, -0.1) is 0 Å².